The molecular formula is C16H22N2O3. The van der Waals surface area contributed by atoms with Gasteiger partial charge in [-0.25, -0.2) is 0 Å². The third-order valence-electron chi connectivity index (χ3n) is 3.76. The van der Waals surface area contributed by atoms with Crippen LogP contribution in [0.3, 0.4) is 0 Å². The minimum Gasteiger partial charge on any atom is -0.493 e. The molecule has 1 atom stereocenters. The summed E-state index contributed by atoms with van der Waals surface area (Å²) in [5.41, 5.74) is 0.902. The zero-order valence-corrected chi connectivity index (χ0v) is 12.8. The highest BCUT2D eigenvalue weighted by atomic mass is 16.5. The van der Waals surface area contributed by atoms with Crippen molar-refractivity contribution in [3.05, 3.63) is 29.8 Å². The predicted octanol–water partition coefficient (Wildman–Crippen LogP) is 1.54. The van der Waals surface area contributed by atoms with Gasteiger partial charge in [0, 0.05) is 25.7 Å². The zero-order valence-electron chi connectivity index (χ0n) is 12.8. The Kier molecular flexibility index (Phi) is 5.22. The van der Waals surface area contributed by atoms with Crippen LogP contribution in [0.25, 0.3) is 6.08 Å². The van der Waals surface area contributed by atoms with E-state index in [-0.39, 0.29) is 11.9 Å². The molecule has 1 N–H and O–H groups in total. The molecule has 1 unspecified atom stereocenters. The van der Waals surface area contributed by atoms with E-state index in [1.807, 2.05) is 25.2 Å². The predicted molar refractivity (Wildman–Crippen MR) is 82.6 cm³/mol. The fourth-order valence-corrected chi connectivity index (χ4v) is 2.39. The summed E-state index contributed by atoms with van der Waals surface area (Å²) in [6, 6.07) is 5.85. The number of ether oxygens (including phenoxy) is 2. The lowest BCUT2D eigenvalue weighted by molar-refractivity contribution is -0.126. The molecule has 1 heterocycles. The third kappa shape index (κ3) is 3.76. The van der Waals surface area contributed by atoms with E-state index in [4.69, 9.17) is 9.47 Å². The van der Waals surface area contributed by atoms with E-state index in [9.17, 15) is 4.79 Å². The normalized spacial score (nSPS) is 18.0. The van der Waals surface area contributed by atoms with Crippen LogP contribution in [-0.4, -0.2) is 51.2 Å². The molecule has 0 radical (unpaired) electrons. The maximum Gasteiger partial charge on any atom is 0.246 e. The van der Waals surface area contributed by atoms with Crippen molar-refractivity contribution in [1.29, 1.82) is 0 Å². The Morgan fingerprint density at radius 2 is 2.10 bits per heavy atom. The van der Waals surface area contributed by atoms with Crippen LogP contribution in [0.15, 0.2) is 24.3 Å². The molecule has 0 saturated carbocycles. The number of hydrogen-bond acceptors (Lipinski definition) is 4. The molecule has 1 fully saturated rings. The molecular weight excluding hydrogens is 268 g/mol. The Hall–Kier alpha value is -2.01. The summed E-state index contributed by atoms with van der Waals surface area (Å²) in [4.78, 5) is 13.9. The Labute approximate surface area is 125 Å². The average molecular weight is 290 g/mol. The molecule has 5 nitrogen and oxygen atoms in total. The Morgan fingerprint density at radius 3 is 2.71 bits per heavy atom. The van der Waals surface area contributed by atoms with Gasteiger partial charge in [-0.2, -0.15) is 0 Å². The molecule has 0 spiro atoms. The van der Waals surface area contributed by atoms with Crippen molar-refractivity contribution >= 4 is 12.0 Å². The summed E-state index contributed by atoms with van der Waals surface area (Å²) in [6.45, 7) is 1.84. The smallest absolute Gasteiger partial charge is 0.246 e. The van der Waals surface area contributed by atoms with Gasteiger partial charge in [0.2, 0.25) is 5.91 Å². The van der Waals surface area contributed by atoms with E-state index >= 15 is 0 Å². The first-order valence-electron chi connectivity index (χ1n) is 7.03. The second-order valence-electron chi connectivity index (χ2n) is 5.04. The standard InChI is InChI=1S/C16H22N2O3/c1-18(13-8-9-17-11-13)16(19)7-5-12-4-6-14(20-2)15(10-12)21-3/h4-7,10,13,17H,8-9,11H2,1-3H3/b7-5+. The first-order valence-corrected chi connectivity index (χ1v) is 7.03. The quantitative estimate of drug-likeness (QED) is 0.836. The van der Waals surface area contributed by atoms with E-state index in [1.54, 1.807) is 31.3 Å². The summed E-state index contributed by atoms with van der Waals surface area (Å²) >= 11 is 0. The summed E-state index contributed by atoms with van der Waals surface area (Å²) in [7, 11) is 5.04. The largest absolute Gasteiger partial charge is 0.493 e. The highest BCUT2D eigenvalue weighted by Gasteiger charge is 2.21. The lowest BCUT2D eigenvalue weighted by Gasteiger charge is -2.22. The molecule has 0 aromatic heterocycles. The third-order valence-corrected chi connectivity index (χ3v) is 3.76. The van der Waals surface area contributed by atoms with Crippen molar-refractivity contribution in [3.8, 4) is 11.5 Å². The number of nitrogens with zero attached hydrogens (tertiary/aromatic N) is 1. The molecule has 1 amide bonds. The lowest BCUT2D eigenvalue weighted by atomic mass is 10.1. The number of rotatable bonds is 5. The van der Waals surface area contributed by atoms with Crippen molar-refractivity contribution < 1.29 is 14.3 Å². The molecule has 114 valence electrons. The van der Waals surface area contributed by atoms with Crippen LogP contribution in [0, 0.1) is 0 Å². The maximum absolute atomic E-state index is 12.1. The topological polar surface area (TPSA) is 50.8 Å². The molecule has 0 bridgehead atoms. The summed E-state index contributed by atoms with van der Waals surface area (Å²) in [5.74, 6) is 1.34. The van der Waals surface area contributed by atoms with Gasteiger partial charge in [0.1, 0.15) is 0 Å². The van der Waals surface area contributed by atoms with E-state index in [0.29, 0.717) is 11.5 Å². The van der Waals surface area contributed by atoms with Gasteiger partial charge in [0.15, 0.2) is 11.5 Å². The Morgan fingerprint density at radius 1 is 1.33 bits per heavy atom. The first-order chi connectivity index (χ1) is 10.2. The van der Waals surface area contributed by atoms with Gasteiger partial charge in [0.05, 0.1) is 14.2 Å². The zero-order chi connectivity index (χ0) is 15.2. The molecule has 1 aliphatic rings. The average Bonchev–Trinajstić information content (AvgIpc) is 3.05. The minimum absolute atomic E-state index is 0.0125. The van der Waals surface area contributed by atoms with Gasteiger partial charge in [-0.15, -0.1) is 0 Å². The highest BCUT2D eigenvalue weighted by Crippen LogP contribution is 2.27. The van der Waals surface area contributed by atoms with Gasteiger partial charge in [-0.3, -0.25) is 4.79 Å². The molecule has 5 heteroatoms. The van der Waals surface area contributed by atoms with Gasteiger partial charge in [-0.05, 0) is 36.7 Å². The van der Waals surface area contributed by atoms with Crippen LogP contribution in [0.1, 0.15) is 12.0 Å². The van der Waals surface area contributed by atoms with Crippen molar-refractivity contribution in [2.45, 2.75) is 12.5 Å². The second-order valence-corrected chi connectivity index (χ2v) is 5.04. The van der Waals surface area contributed by atoms with Crippen LogP contribution in [-0.2, 0) is 4.79 Å². The van der Waals surface area contributed by atoms with Crippen LogP contribution in [0.2, 0.25) is 0 Å². The van der Waals surface area contributed by atoms with Crippen LogP contribution < -0.4 is 14.8 Å². The Balaban J connectivity index is 2.04. The highest BCUT2D eigenvalue weighted by molar-refractivity contribution is 5.92. The van der Waals surface area contributed by atoms with Crippen LogP contribution in [0.5, 0.6) is 11.5 Å². The molecule has 2 rings (SSSR count). The van der Waals surface area contributed by atoms with Gasteiger partial charge >= 0.3 is 0 Å². The van der Waals surface area contributed by atoms with Crippen molar-refractivity contribution in [2.75, 3.05) is 34.4 Å². The van der Waals surface area contributed by atoms with Gasteiger partial charge in [-0.1, -0.05) is 6.07 Å². The van der Waals surface area contributed by atoms with Crippen molar-refractivity contribution in [1.82, 2.24) is 10.2 Å². The Bertz CT molecular complexity index is 522. The number of hydrogen-bond donors (Lipinski definition) is 1. The number of carbonyl (C=O) groups is 1. The van der Waals surface area contributed by atoms with E-state index in [1.165, 1.54) is 0 Å². The molecule has 1 aromatic rings. The fraction of sp³-hybridized carbons (Fsp3) is 0.438. The maximum atomic E-state index is 12.1. The monoisotopic (exact) mass is 290 g/mol. The fourth-order valence-electron chi connectivity index (χ4n) is 2.39. The molecule has 1 aliphatic heterocycles. The number of methoxy groups -OCH3 is 2. The number of nitrogens with one attached hydrogen (secondary N) is 1. The van der Waals surface area contributed by atoms with Gasteiger partial charge in [0.25, 0.3) is 0 Å². The van der Waals surface area contributed by atoms with Crippen molar-refractivity contribution in [3.63, 3.8) is 0 Å². The lowest BCUT2D eigenvalue weighted by Crippen LogP contribution is -2.37. The van der Waals surface area contributed by atoms with Crippen LogP contribution in [0.4, 0.5) is 0 Å². The number of carbonyl (C=O) groups excluding carboxylic acids is 1. The van der Waals surface area contributed by atoms with Gasteiger partial charge < -0.3 is 19.7 Å². The first kappa shape index (κ1) is 15.4. The van der Waals surface area contributed by atoms with E-state index in [2.05, 4.69) is 5.32 Å². The molecule has 0 aliphatic carbocycles. The van der Waals surface area contributed by atoms with Crippen molar-refractivity contribution in [2.24, 2.45) is 0 Å². The van der Waals surface area contributed by atoms with E-state index < -0.39 is 0 Å². The molecule has 1 aromatic carbocycles. The number of likely N-dealkylation sites (N-methyl/N-ethyl adjacent to an activating group) is 1. The SMILES string of the molecule is COc1ccc(/C=C/C(=O)N(C)C2CCNC2)cc1OC. The minimum atomic E-state index is 0.0125. The number of amides is 1. The second kappa shape index (κ2) is 7.13. The summed E-state index contributed by atoms with van der Waals surface area (Å²) in [6.07, 6.45) is 4.40. The summed E-state index contributed by atoms with van der Waals surface area (Å²) in [5, 5.41) is 3.26. The molecule has 21 heavy (non-hydrogen) atoms. The summed E-state index contributed by atoms with van der Waals surface area (Å²) < 4.78 is 10.4. The van der Waals surface area contributed by atoms with E-state index in [0.717, 1.165) is 25.1 Å². The molecule has 1 saturated heterocycles. The van der Waals surface area contributed by atoms with Crippen LogP contribution >= 0.6 is 0 Å². The number of benzene rings is 1.